The molecule has 27 heavy (non-hydrogen) atoms. The Balaban J connectivity index is 1.60. The number of amides is 1. The number of nitrogens with one attached hydrogen (secondary N) is 2. The lowest BCUT2D eigenvalue weighted by molar-refractivity contribution is -0.916. The van der Waals surface area contributed by atoms with E-state index in [1.165, 1.54) is 29.2 Å². The van der Waals surface area contributed by atoms with E-state index in [9.17, 15) is 13.2 Å². The molecular weight excluding hydrogens is 366 g/mol. The van der Waals surface area contributed by atoms with Crippen molar-refractivity contribution in [3.8, 4) is 5.75 Å². The first kappa shape index (κ1) is 19.3. The number of sulfonamides is 1. The van der Waals surface area contributed by atoms with Crippen molar-refractivity contribution >= 4 is 21.6 Å². The van der Waals surface area contributed by atoms with E-state index < -0.39 is 10.0 Å². The van der Waals surface area contributed by atoms with Crippen molar-refractivity contribution in [2.24, 2.45) is 5.14 Å². The predicted molar refractivity (Wildman–Crippen MR) is 102 cm³/mol. The van der Waals surface area contributed by atoms with Crippen molar-refractivity contribution < 1.29 is 22.8 Å². The zero-order valence-electron chi connectivity index (χ0n) is 15.1. The maximum absolute atomic E-state index is 12.4. The molecule has 0 spiro atoms. The third kappa shape index (κ3) is 5.53. The van der Waals surface area contributed by atoms with Crippen molar-refractivity contribution in [2.45, 2.75) is 30.3 Å². The zero-order chi connectivity index (χ0) is 19.4. The van der Waals surface area contributed by atoms with Crippen molar-refractivity contribution in [3.05, 3.63) is 54.1 Å². The van der Waals surface area contributed by atoms with E-state index in [1.807, 2.05) is 24.3 Å². The highest BCUT2D eigenvalue weighted by molar-refractivity contribution is 7.89. The van der Waals surface area contributed by atoms with E-state index in [2.05, 4.69) is 5.32 Å². The molecule has 1 aliphatic rings. The van der Waals surface area contributed by atoms with Crippen molar-refractivity contribution in [1.29, 1.82) is 0 Å². The molecule has 1 unspecified atom stereocenters. The van der Waals surface area contributed by atoms with Crippen LogP contribution in [0.2, 0.25) is 0 Å². The van der Waals surface area contributed by atoms with Crippen LogP contribution in [0, 0.1) is 0 Å². The monoisotopic (exact) mass is 390 g/mol. The number of methoxy groups -OCH3 is 1. The summed E-state index contributed by atoms with van der Waals surface area (Å²) in [5.41, 5.74) is 1.70. The maximum Gasteiger partial charge on any atom is 0.279 e. The molecule has 1 atom stereocenters. The minimum Gasteiger partial charge on any atom is -0.497 e. The molecule has 0 aliphatic heterocycles. The predicted octanol–water partition coefficient (Wildman–Crippen LogP) is 0.529. The standard InChI is InChI=1S/C19H23N3O4S/c1-26-17-8-2-14(3-9-17)12-22(16-6-7-16)13-19(23)21-15-4-10-18(11-5-15)27(20,24)25/h2-5,8-11,16H,6-7,12-13H2,1H3,(H,21,23)(H2,20,24,25)/p+1. The van der Waals surface area contributed by atoms with E-state index in [-0.39, 0.29) is 10.8 Å². The summed E-state index contributed by atoms with van der Waals surface area (Å²) in [5, 5.41) is 7.90. The van der Waals surface area contributed by atoms with E-state index in [0.29, 0.717) is 18.3 Å². The van der Waals surface area contributed by atoms with Crippen LogP contribution in [0.25, 0.3) is 0 Å². The number of hydrogen-bond acceptors (Lipinski definition) is 4. The summed E-state index contributed by atoms with van der Waals surface area (Å²) < 4.78 is 27.8. The van der Waals surface area contributed by atoms with Gasteiger partial charge in [-0.2, -0.15) is 0 Å². The summed E-state index contributed by atoms with van der Waals surface area (Å²) in [4.78, 5) is 13.7. The minimum absolute atomic E-state index is 0.0187. The molecule has 2 aromatic carbocycles. The lowest BCUT2D eigenvalue weighted by Crippen LogP contribution is -3.13. The summed E-state index contributed by atoms with van der Waals surface area (Å²) in [6.45, 7) is 1.13. The smallest absolute Gasteiger partial charge is 0.279 e. The van der Waals surface area contributed by atoms with Crippen LogP contribution in [0.5, 0.6) is 5.75 Å². The Kier molecular flexibility index (Phi) is 5.79. The number of carbonyl (C=O) groups is 1. The Bertz CT molecular complexity index is 892. The fraction of sp³-hybridized carbons (Fsp3) is 0.316. The van der Waals surface area contributed by atoms with Crippen LogP contribution in [0.1, 0.15) is 18.4 Å². The topological polar surface area (TPSA) is 103 Å². The van der Waals surface area contributed by atoms with Crippen LogP contribution in [0.3, 0.4) is 0 Å². The van der Waals surface area contributed by atoms with Gasteiger partial charge in [0.2, 0.25) is 10.0 Å². The molecule has 2 aromatic rings. The average Bonchev–Trinajstić information content (AvgIpc) is 3.46. The van der Waals surface area contributed by atoms with E-state index >= 15 is 0 Å². The van der Waals surface area contributed by atoms with E-state index in [1.54, 1.807) is 7.11 Å². The van der Waals surface area contributed by atoms with Crippen LogP contribution in [0.15, 0.2) is 53.4 Å². The molecule has 1 fully saturated rings. The highest BCUT2D eigenvalue weighted by atomic mass is 32.2. The van der Waals surface area contributed by atoms with Gasteiger partial charge in [-0.25, -0.2) is 13.6 Å². The Morgan fingerprint density at radius 2 is 1.78 bits per heavy atom. The summed E-state index contributed by atoms with van der Waals surface area (Å²) in [6, 6.07) is 14.2. The quantitative estimate of drug-likeness (QED) is 0.612. The van der Waals surface area contributed by atoms with Gasteiger partial charge in [-0.3, -0.25) is 4.79 Å². The number of primary sulfonamides is 1. The van der Waals surface area contributed by atoms with Gasteiger partial charge in [-0.05, 0) is 48.5 Å². The molecule has 0 saturated heterocycles. The van der Waals surface area contributed by atoms with E-state index in [0.717, 1.165) is 30.7 Å². The normalized spacial score (nSPS) is 15.2. The number of ether oxygens (including phenoxy) is 1. The van der Waals surface area contributed by atoms with Crippen LogP contribution >= 0.6 is 0 Å². The number of quaternary nitrogens is 1. The van der Waals surface area contributed by atoms with Gasteiger partial charge in [0.25, 0.3) is 5.91 Å². The summed E-state index contributed by atoms with van der Waals surface area (Å²) in [5.74, 6) is 0.709. The second kappa shape index (κ2) is 8.08. The van der Waals surface area contributed by atoms with Gasteiger partial charge in [0.15, 0.2) is 6.54 Å². The summed E-state index contributed by atoms with van der Waals surface area (Å²) >= 11 is 0. The Labute approximate surface area is 159 Å². The number of anilines is 1. The van der Waals surface area contributed by atoms with Crippen LogP contribution < -0.4 is 20.1 Å². The van der Waals surface area contributed by atoms with Crippen molar-refractivity contribution in [3.63, 3.8) is 0 Å². The third-order valence-electron chi connectivity index (χ3n) is 4.60. The largest absolute Gasteiger partial charge is 0.497 e. The molecule has 1 aliphatic carbocycles. The molecule has 0 radical (unpaired) electrons. The number of nitrogens with two attached hydrogens (primary N) is 1. The first-order valence-corrected chi connectivity index (χ1v) is 10.3. The Morgan fingerprint density at radius 3 is 2.30 bits per heavy atom. The van der Waals surface area contributed by atoms with Crippen LogP contribution in [0.4, 0.5) is 5.69 Å². The molecule has 8 heteroatoms. The number of rotatable bonds is 8. The number of benzene rings is 2. The SMILES string of the molecule is COc1ccc(C[NH+](CC(=O)Nc2ccc(S(N)(=O)=O)cc2)C2CC2)cc1. The first-order chi connectivity index (χ1) is 12.8. The van der Waals surface area contributed by atoms with Gasteiger partial charge in [0.05, 0.1) is 18.0 Å². The van der Waals surface area contributed by atoms with Crippen molar-refractivity contribution in [2.75, 3.05) is 19.0 Å². The molecule has 7 nitrogen and oxygen atoms in total. The van der Waals surface area contributed by atoms with Gasteiger partial charge in [-0.1, -0.05) is 0 Å². The maximum atomic E-state index is 12.4. The zero-order valence-corrected chi connectivity index (χ0v) is 16.0. The summed E-state index contributed by atoms with van der Waals surface area (Å²) in [6.07, 6.45) is 2.25. The second-order valence-electron chi connectivity index (χ2n) is 6.75. The molecule has 0 aromatic heterocycles. The van der Waals surface area contributed by atoms with Crippen molar-refractivity contribution in [1.82, 2.24) is 0 Å². The molecular formula is C19H24N3O4S+. The number of carbonyl (C=O) groups excluding carboxylic acids is 1. The average molecular weight is 390 g/mol. The Hall–Kier alpha value is -2.42. The molecule has 144 valence electrons. The fourth-order valence-electron chi connectivity index (χ4n) is 2.99. The fourth-order valence-corrected chi connectivity index (χ4v) is 3.50. The molecule has 0 bridgehead atoms. The van der Waals surface area contributed by atoms with Crippen LogP contribution in [-0.2, 0) is 21.4 Å². The molecule has 3 rings (SSSR count). The molecule has 1 amide bonds. The lowest BCUT2D eigenvalue weighted by Gasteiger charge is -2.19. The molecule has 0 heterocycles. The Morgan fingerprint density at radius 1 is 1.15 bits per heavy atom. The lowest BCUT2D eigenvalue weighted by atomic mass is 10.2. The van der Waals surface area contributed by atoms with Gasteiger partial charge in [0, 0.05) is 24.1 Å². The van der Waals surface area contributed by atoms with Gasteiger partial charge in [0.1, 0.15) is 12.3 Å². The summed E-state index contributed by atoms with van der Waals surface area (Å²) in [7, 11) is -2.10. The molecule has 4 N–H and O–H groups in total. The first-order valence-electron chi connectivity index (χ1n) is 8.75. The highest BCUT2D eigenvalue weighted by Gasteiger charge is 2.34. The highest BCUT2D eigenvalue weighted by Crippen LogP contribution is 2.17. The van der Waals surface area contributed by atoms with Crippen LogP contribution in [-0.4, -0.2) is 34.0 Å². The van der Waals surface area contributed by atoms with Gasteiger partial charge < -0.3 is 15.0 Å². The second-order valence-corrected chi connectivity index (χ2v) is 8.31. The number of hydrogen-bond donors (Lipinski definition) is 3. The van der Waals surface area contributed by atoms with Gasteiger partial charge >= 0.3 is 0 Å². The van der Waals surface area contributed by atoms with E-state index in [4.69, 9.17) is 9.88 Å². The molecule has 1 saturated carbocycles. The third-order valence-corrected chi connectivity index (χ3v) is 5.53. The van der Waals surface area contributed by atoms with Gasteiger partial charge in [-0.15, -0.1) is 0 Å². The minimum atomic E-state index is -3.74.